The molecule has 0 aromatic rings. The molecule has 0 aromatic carbocycles. The van der Waals surface area contributed by atoms with Gasteiger partial charge in [0.25, 0.3) is 0 Å². The zero-order chi connectivity index (χ0) is 20.3. The van der Waals surface area contributed by atoms with Crippen molar-refractivity contribution in [2.24, 2.45) is 0 Å². The monoisotopic (exact) mass is 502 g/mol. The first kappa shape index (κ1) is 36.5. The van der Waals surface area contributed by atoms with Crippen molar-refractivity contribution in [2.45, 2.75) is 82.6 Å². The molecule has 3 N–H and O–H groups in total. The van der Waals surface area contributed by atoms with Crippen molar-refractivity contribution in [1.82, 2.24) is 0 Å². The van der Waals surface area contributed by atoms with Gasteiger partial charge in [-0.2, -0.15) is 6.08 Å². The zero-order valence-electron chi connectivity index (χ0n) is 16.8. The molecule has 25 heavy (non-hydrogen) atoms. The fraction of sp³-hybridized carbons (Fsp3) is 0.765. The Morgan fingerprint density at radius 1 is 0.880 bits per heavy atom. The molecule has 0 aliphatic heterocycles. The van der Waals surface area contributed by atoms with Gasteiger partial charge in [-0.25, -0.2) is 12.2 Å². The van der Waals surface area contributed by atoms with Crippen LogP contribution in [0.25, 0.3) is 17.2 Å². The molecule has 1 aliphatic rings. The summed E-state index contributed by atoms with van der Waals surface area (Å²) in [6.07, 6.45) is 10.0. The number of halogens is 3. The van der Waals surface area contributed by atoms with E-state index in [1.54, 1.807) is 0 Å². The quantitative estimate of drug-likeness (QED) is 0.243. The van der Waals surface area contributed by atoms with Gasteiger partial charge >= 0.3 is 70.2 Å². The summed E-state index contributed by atoms with van der Waals surface area (Å²) < 4.78 is 33.8. The molecule has 0 saturated carbocycles. The van der Waals surface area contributed by atoms with Crippen LogP contribution in [0.5, 0.6) is 0 Å². The third kappa shape index (κ3) is 93.5. The molecule has 0 spiro atoms. The summed E-state index contributed by atoms with van der Waals surface area (Å²) in [4.78, 5) is 0. The molecule has 0 aromatic heterocycles. The summed E-state index contributed by atoms with van der Waals surface area (Å²) in [5.74, 6) is 2.58. The number of allylic oxidation sites excluding steroid dienone is 4. The van der Waals surface area contributed by atoms with Crippen molar-refractivity contribution in [2.75, 3.05) is 0 Å². The normalized spacial score (nSPS) is 11.4. The van der Waals surface area contributed by atoms with Crippen molar-refractivity contribution in [3.05, 3.63) is 41.5 Å². The first-order valence-electron chi connectivity index (χ1n) is 7.86. The van der Waals surface area contributed by atoms with Crippen LogP contribution in [0, 0.1) is 6.08 Å². The molecule has 0 heterocycles. The van der Waals surface area contributed by atoms with Crippen LogP contribution >= 0.6 is 0 Å². The van der Waals surface area contributed by atoms with Crippen LogP contribution < -0.4 is 0 Å². The Morgan fingerprint density at radius 2 is 1.12 bits per heavy atom. The summed E-state index contributed by atoms with van der Waals surface area (Å²) in [6.45, 7) is 11.0. The molecule has 8 heteroatoms. The van der Waals surface area contributed by atoms with Crippen molar-refractivity contribution in [1.29, 1.82) is 0 Å². The Morgan fingerprint density at radius 3 is 1.16 bits per heavy atom. The van der Waals surface area contributed by atoms with Gasteiger partial charge in [0.15, 0.2) is 0 Å². The number of rotatable bonds is 0. The maximum atomic E-state index is 11.3. The minimum absolute atomic E-state index is 0. The number of alkyl halides is 3. The van der Waals surface area contributed by atoms with Gasteiger partial charge in [0, 0.05) is 0 Å². The average Bonchev–Trinajstić information content (AvgIpc) is 2.82. The Balaban J connectivity index is -0.0000000675. The van der Waals surface area contributed by atoms with E-state index >= 15 is 0 Å². The maximum absolute atomic E-state index is 11.3. The standard InChI is InChI=1S/C5H5.C3H6F3Ge.3C3H8N.Zr/c1-2-4-5-3-1;1-7(2)3(4,5)6;3*1-3(2)4;/h1-3H,4H2;1-2H3;3*3-4H,1-2H3;/q-1;;3*-1;+4. The average molecular weight is 502 g/mol. The van der Waals surface area contributed by atoms with Gasteiger partial charge in [-0.1, -0.05) is 41.5 Å². The minimum Gasteiger partial charge on any atom is 4.00 e. The van der Waals surface area contributed by atoms with Gasteiger partial charge in [0.1, 0.15) is 0 Å². The smallest absolute Gasteiger partial charge is 4.00 e. The van der Waals surface area contributed by atoms with Gasteiger partial charge in [-0.3, -0.25) is 6.08 Å². The van der Waals surface area contributed by atoms with E-state index < -0.39 is 19.4 Å². The third-order valence-electron chi connectivity index (χ3n) is 1.15. The molecule has 1 radical (unpaired) electrons. The number of hydrogen-bond acceptors (Lipinski definition) is 0. The molecule has 3 nitrogen and oxygen atoms in total. The molecular formula is C17H35F3GeN3Zr. The zero-order valence-corrected chi connectivity index (χ0v) is 21.4. The first-order chi connectivity index (χ1) is 10.6. The molecule has 147 valence electrons. The molecule has 0 atom stereocenters. The minimum atomic E-state index is -3.83. The molecule has 0 saturated heterocycles. The summed E-state index contributed by atoms with van der Waals surface area (Å²) in [7, 11) is 0. The number of nitrogens with one attached hydrogen (secondary N) is 3. The maximum Gasteiger partial charge on any atom is 4.00 e. The van der Waals surface area contributed by atoms with Gasteiger partial charge < -0.3 is 17.2 Å². The summed E-state index contributed by atoms with van der Waals surface area (Å²) in [6, 6.07) is 0.250. The van der Waals surface area contributed by atoms with Crippen LogP contribution in [0.1, 0.15) is 48.0 Å². The van der Waals surface area contributed by atoms with Crippen LogP contribution in [0.2, 0.25) is 11.5 Å². The van der Waals surface area contributed by atoms with E-state index in [0.717, 1.165) is 6.42 Å². The fourth-order valence-corrected chi connectivity index (χ4v) is 0.340. The van der Waals surface area contributed by atoms with Crippen LogP contribution in [-0.4, -0.2) is 37.5 Å². The summed E-state index contributed by atoms with van der Waals surface area (Å²) in [5.41, 5.74) is 19.8. The SMILES string of the molecule is CC(C)[NH-].CC(C)[NH-].CC(C)[NH-].[C-]1=CC=CC1.[CH3][Ge]([CH3])[C](F)(F)F.[Zr+4]. The van der Waals surface area contributed by atoms with Gasteiger partial charge in [0.2, 0.25) is 0 Å². The van der Waals surface area contributed by atoms with E-state index in [9.17, 15) is 13.2 Å². The third-order valence-corrected chi connectivity index (χ3v) is 3.53. The summed E-state index contributed by atoms with van der Waals surface area (Å²) in [5, 5.41) is -3.83. The van der Waals surface area contributed by atoms with Crippen LogP contribution in [0.15, 0.2) is 18.2 Å². The second kappa shape index (κ2) is 24.6. The van der Waals surface area contributed by atoms with Crippen LogP contribution in [-0.2, 0) is 26.2 Å². The van der Waals surface area contributed by atoms with Crippen LogP contribution in [0.4, 0.5) is 13.2 Å². The van der Waals surface area contributed by atoms with Crippen molar-refractivity contribution in [3.8, 4) is 0 Å². The van der Waals surface area contributed by atoms with Crippen LogP contribution in [0.3, 0.4) is 0 Å². The van der Waals surface area contributed by atoms with Gasteiger partial charge in [0.05, 0.1) is 0 Å². The molecule has 0 fully saturated rings. The molecule has 0 bridgehead atoms. The first-order valence-corrected chi connectivity index (χ1v) is 13.1. The van der Waals surface area contributed by atoms with E-state index in [2.05, 4.69) is 12.2 Å². The fourth-order valence-electron chi connectivity index (χ4n) is 0.340. The van der Waals surface area contributed by atoms with Gasteiger partial charge in [-0.15, -0.1) is 24.5 Å². The molecule has 0 amide bonds. The van der Waals surface area contributed by atoms with E-state index in [-0.39, 0.29) is 44.3 Å². The second-order valence-electron chi connectivity index (χ2n) is 5.96. The van der Waals surface area contributed by atoms with Crippen molar-refractivity contribution < 1.29 is 39.4 Å². The summed E-state index contributed by atoms with van der Waals surface area (Å²) >= 11 is -2.59. The van der Waals surface area contributed by atoms with Crippen molar-refractivity contribution >= 4 is 14.3 Å². The second-order valence-corrected chi connectivity index (χ2v) is 11.4. The molecular weight excluding hydrogens is 467 g/mol. The molecule has 1 rings (SSSR count). The Bertz CT molecular complexity index is 261. The van der Waals surface area contributed by atoms with E-state index in [0.29, 0.717) is 0 Å². The largest absolute Gasteiger partial charge is 4.00 e. The van der Waals surface area contributed by atoms with E-state index in [1.807, 2.05) is 53.7 Å². The van der Waals surface area contributed by atoms with E-state index in [1.165, 1.54) is 11.5 Å². The molecule has 0 unspecified atom stereocenters. The Kier molecular flexibility index (Phi) is 35.9. The van der Waals surface area contributed by atoms with Gasteiger partial charge in [-0.05, 0) is 0 Å². The predicted molar refractivity (Wildman–Crippen MR) is 103 cm³/mol. The van der Waals surface area contributed by atoms with E-state index in [4.69, 9.17) is 17.2 Å². The Hall–Kier alpha value is 0.576. The Labute approximate surface area is 177 Å². The molecule has 1 aliphatic carbocycles. The van der Waals surface area contributed by atoms with Crippen molar-refractivity contribution in [3.63, 3.8) is 0 Å². The topological polar surface area (TPSA) is 71.4 Å². The number of hydrogen-bond donors (Lipinski definition) is 0. The predicted octanol–water partition coefficient (Wildman–Crippen LogP) is 7.49.